The molecule has 0 bridgehead atoms. The molecular weight excluding hydrogens is 320 g/mol. The van der Waals surface area contributed by atoms with Gasteiger partial charge in [-0.2, -0.15) is 0 Å². The van der Waals surface area contributed by atoms with Gasteiger partial charge in [0.1, 0.15) is 5.82 Å². The van der Waals surface area contributed by atoms with Crippen LogP contribution >= 0.6 is 0 Å². The molecule has 26 heavy (non-hydrogen) atoms. The van der Waals surface area contributed by atoms with E-state index in [-0.39, 0.29) is 0 Å². The first-order valence-corrected chi connectivity index (χ1v) is 8.44. The van der Waals surface area contributed by atoms with Crippen molar-refractivity contribution in [3.63, 3.8) is 0 Å². The Kier molecular flexibility index (Phi) is 3.91. The Labute approximate surface area is 152 Å². The van der Waals surface area contributed by atoms with Crippen molar-refractivity contribution < 1.29 is 0 Å². The summed E-state index contributed by atoms with van der Waals surface area (Å²) >= 11 is 0. The first-order valence-electron chi connectivity index (χ1n) is 8.44. The number of benzene rings is 2. The normalized spacial score (nSPS) is 10.7. The fraction of sp³-hybridized carbons (Fsp3) is 0.0909. The summed E-state index contributed by atoms with van der Waals surface area (Å²) in [6.45, 7) is 11.4. The number of aromatic nitrogens is 3. The second-order valence-electron chi connectivity index (χ2n) is 6.23. The lowest BCUT2D eigenvalue weighted by molar-refractivity contribution is 0.978. The number of nitrogens with zero attached hydrogens (tertiary/aromatic N) is 4. The quantitative estimate of drug-likeness (QED) is 0.453. The minimum Gasteiger partial charge on any atom is -0.319 e. The summed E-state index contributed by atoms with van der Waals surface area (Å²) in [6, 6.07) is 18.3. The van der Waals surface area contributed by atoms with E-state index in [1.54, 1.807) is 6.20 Å². The molecule has 0 saturated carbocycles. The highest BCUT2D eigenvalue weighted by Gasteiger charge is 2.14. The largest absolute Gasteiger partial charge is 0.319 e. The van der Waals surface area contributed by atoms with Gasteiger partial charge in [-0.25, -0.2) is 9.83 Å². The van der Waals surface area contributed by atoms with Gasteiger partial charge in [0.25, 0.3) is 0 Å². The molecule has 2 aromatic carbocycles. The van der Waals surface area contributed by atoms with Crippen LogP contribution in [0.4, 0.5) is 5.69 Å². The Morgan fingerprint density at radius 3 is 2.50 bits per heavy atom. The van der Waals surface area contributed by atoms with Crippen LogP contribution in [0, 0.1) is 20.4 Å². The molecule has 4 aromatic rings. The highest BCUT2D eigenvalue weighted by molar-refractivity contribution is 5.67. The van der Waals surface area contributed by atoms with Gasteiger partial charge in [-0.05, 0) is 43.7 Å². The summed E-state index contributed by atoms with van der Waals surface area (Å²) < 4.78 is 4.24. The Morgan fingerprint density at radius 2 is 1.73 bits per heavy atom. The van der Waals surface area contributed by atoms with E-state index in [4.69, 9.17) is 6.57 Å². The molecule has 0 aliphatic rings. The Hall–Kier alpha value is -3.58. The maximum absolute atomic E-state index is 7.35. The third kappa shape index (κ3) is 2.60. The van der Waals surface area contributed by atoms with Gasteiger partial charge in [0, 0.05) is 35.5 Å². The average Bonchev–Trinajstić information content (AvgIpc) is 3.29. The van der Waals surface area contributed by atoms with Crippen molar-refractivity contribution >= 4 is 5.69 Å². The van der Waals surface area contributed by atoms with Crippen molar-refractivity contribution in [2.75, 3.05) is 0 Å². The summed E-state index contributed by atoms with van der Waals surface area (Å²) in [5, 5.41) is 0. The van der Waals surface area contributed by atoms with Gasteiger partial charge in [0.2, 0.25) is 0 Å². The molecule has 0 spiro atoms. The SMILES string of the molecule is [C-]#[N+]c1cc(-c2nccn2-c2ccn(-c3ccccc3)c2C)ccc1C. The third-order valence-corrected chi connectivity index (χ3v) is 4.64. The van der Waals surface area contributed by atoms with E-state index in [0.29, 0.717) is 5.69 Å². The third-order valence-electron chi connectivity index (χ3n) is 4.64. The van der Waals surface area contributed by atoms with Crippen molar-refractivity contribution in [3.05, 3.63) is 95.9 Å². The Bertz CT molecular complexity index is 1110. The molecule has 0 fully saturated rings. The first kappa shape index (κ1) is 15.9. The van der Waals surface area contributed by atoms with E-state index in [1.165, 1.54) is 0 Å². The molecule has 0 radical (unpaired) electrons. The van der Waals surface area contributed by atoms with E-state index >= 15 is 0 Å². The summed E-state index contributed by atoms with van der Waals surface area (Å²) in [5.41, 5.74) is 5.92. The fourth-order valence-corrected chi connectivity index (χ4v) is 3.20. The number of aryl methyl sites for hydroxylation is 1. The zero-order chi connectivity index (χ0) is 18.1. The van der Waals surface area contributed by atoms with Crippen LogP contribution in [-0.2, 0) is 0 Å². The van der Waals surface area contributed by atoms with Crippen molar-refractivity contribution in [2.24, 2.45) is 0 Å². The predicted octanol–water partition coefficient (Wildman–Crippen LogP) is 5.50. The van der Waals surface area contributed by atoms with Crippen LogP contribution < -0.4 is 0 Å². The van der Waals surface area contributed by atoms with Crippen LogP contribution in [0.2, 0.25) is 0 Å². The minimum atomic E-state index is 0.663. The molecule has 2 aromatic heterocycles. The number of para-hydroxylation sites is 1. The Balaban J connectivity index is 1.82. The molecule has 4 nitrogen and oxygen atoms in total. The van der Waals surface area contributed by atoms with Crippen LogP contribution in [-0.4, -0.2) is 14.1 Å². The van der Waals surface area contributed by atoms with Gasteiger partial charge in [-0.15, -0.1) is 0 Å². The smallest absolute Gasteiger partial charge is 0.190 e. The first-order chi connectivity index (χ1) is 12.7. The summed E-state index contributed by atoms with van der Waals surface area (Å²) in [7, 11) is 0. The van der Waals surface area contributed by atoms with Gasteiger partial charge in [-0.1, -0.05) is 30.3 Å². The van der Waals surface area contributed by atoms with Crippen molar-refractivity contribution in [3.8, 4) is 22.8 Å². The number of hydrogen-bond acceptors (Lipinski definition) is 1. The molecular formula is C22H18N4. The average molecular weight is 338 g/mol. The van der Waals surface area contributed by atoms with Crippen LogP contribution in [0.3, 0.4) is 0 Å². The van der Waals surface area contributed by atoms with E-state index in [9.17, 15) is 0 Å². The maximum Gasteiger partial charge on any atom is 0.190 e. The topological polar surface area (TPSA) is 27.1 Å². The van der Waals surface area contributed by atoms with Gasteiger partial charge in [0.15, 0.2) is 5.69 Å². The van der Waals surface area contributed by atoms with Crippen molar-refractivity contribution in [2.45, 2.75) is 13.8 Å². The molecule has 0 amide bonds. The van der Waals surface area contributed by atoms with Crippen LogP contribution in [0.1, 0.15) is 11.3 Å². The molecule has 2 heterocycles. The highest BCUT2D eigenvalue weighted by atomic mass is 15.1. The lowest BCUT2D eigenvalue weighted by Crippen LogP contribution is -2.00. The molecule has 0 aliphatic heterocycles. The van der Waals surface area contributed by atoms with E-state index < -0.39 is 0 Å². The van der Waals surface area contributed by atoms with Crippen LogP contribution in [0.25, 0.3) is 27.6 Å². The van der Waals surface area contributed by atoms with E-state index in [1.807, 2.05) is 49.5 Å². The summed E-state index contributed by atoms with van der Waals surface area (Å²) in [5.74, 6) is 0.837. The monoisotopic (exact) mass is 338 g/mol. The number of hydrogen-bond donors (Lipinski definition) is 0. The molecule has 0 atom stereocenters. The summed E-state index contributed by atoms with van der Waals surface area (Å²) in [4.78, 5) is 8.16. The lowest BCUT2D eigenvalue weighted by Gasteiger charge is -2.11. The molecule has 0 unspecified atom stereocenters. The van der Waals surface area contributed by atoms with E-state index in [0.717, 1.165) is 34.0 Å². The lowest BCUT2D eigenvalue weighted by atomic mass is 10.1. The molecule has 126 valence electrons. The number of rotatable bonds is 3. The maximum atomic E-state index is 7.35. The molecule has 4 heteroatoms. The van der Waals surface area contributed by atoms with Crippen molar-refractivity contribution in [1.82, 2.24) is 14.1 Å². The zero-order valence-electron chi connectivity index (χ0n) is 14.7. The standard InChI is InChI=1S/C22H18N4/c1-16-9-10-18(15-20(16)23-3)22-24-12-14-26(22)21-11-13-25(17(21)2)19-7-5-4-6-8-19/h4-15H,1-2H3. The zero-order valence-corrected chi connectivity index (χ0v) is 14.7. The molecule has 0 saturated heterocycles. The van der Waals surface area contributed by atoms with Crippen LogP contribution in [0.5, 0.6) is 0 Å². The second-order valence-corrected chi connectivity index (χ2v) is 6.23. The van der Waals surface area contributed by atoms with Gasteiger partial charge in [0.05, 0.1) is 12.3 Å². The summed E-state index contributed by atoms with van der Waals surface area (Å²) in [6.07, 6.45) is 5.83. The Morgan fingerprint density at radius 1 is 0.923 bits per heavy atom. The predicted molar refractivity (Wildman–Crippen MR) is 104 cm³/mol. The van der Waals surface area contributed by atoms with Gasteiger partial charge < -0.3 is 4.57 Å². The number of imidazole rings is 1. The van der Waals surface area contributed by atoms with Crippen molar-refractivity contribution in [1.29, 1.82) is 0 Å². The van der Waals surface area contributed by atoms with E-state index in [2.05, 4.69) is 50.3 Å². The molecule has 0 aliphatic carbocycles. The molecule has 4 rings (SSSR count). The highest BCUT2D eigenvalue weighted by Crippen LogP contribution is 2.29. The van der Waals surface area contributed by atoms with Crippen LogP contribution in [0.15, 0.2) is 73.2 Å². The van der Waals surface area contributed by atoms with Gasteiger partial charge >= 0.3 is 0 Å². The fourth-order valence-electron chi connectivity index (χ4n) is 3.20. The minimum absolute atomic E-state index is 0.663. The molecule has 0 N–H and O–H groups in total. The van der Waals surface area contributed by atoms with Gasteiger partial charge in [-0.3, -0.25) is 4.57 Å². The second kappa shape index (κ2) is 6.38.